The highest BCUT2D eigenvalue weighted by molar-refractivity contribution is 7.20. The molecule has 0 fully saturated rings. The van der Waals surface area contributed by atoms with Crippen molar-refractivity contribution in [3.63, 3.8) is 0 Å². The first-order valence-corrected chi connectivity index (χ1v) is 11.5. The second-order valence-corrected chi connectivity index (χ2v) is 8.72. The molecule has 2 aromatic carbocycles. The van der Waals surface area contributed by atoms with E-state index in [4.69, 9.17) is 9.84 Å². The van der Waals surface area contributed by atoms with Crippen LogP contribution in [0.4, 0.5) is 5.69 Å². The molecule has 0 aliphatic carbocycles. The molecule has 35 heavy (non-hydrogen) atoms. The molecule has 178 valence electrons. The van der Waals surface area contributed by atoms with Crippen LogP contribution in [0.2, 0.25) is 0 Å². The molecule has 0 atom stereocenters. The van der Waals surface area contributed by atoms with E-state index < -0.39 is 23.4 Å². The minimum atomic E-state index is -1.07. The zero-order valence-electron chi connectivity index (χ0n) is 18.7. The molecule has 4 aromatic rings. The van der Waals surface area contributed by atoms with Crippen molar-refractivity contribution in [3.8, 4) is 0 Å². The van der Waals surface area contributed by atoms with Gasteiger partial charge in [-0.1, -0.05) is 30.3 Å². The Bertz CT molecular complexity index is 1460. The molecule has 0 aliphatic rings. The Hall–Kier alpha value is -4.31. The fourth-order valence-electron chi connectivity index (χ4n) is 3.49. The van der Waals surface area contributed by atoms with E-state index in [0.29, 0.717) is 27.4 Å². The number of esters is 1. The van der Waals surface area contributed by atoms with Crippen molar-refractivity contribution in [3.05, 3.63) is 92.8 Å². The molecule has 0 spiro atoms. The van der Waals surface area contributed by atoms with Crippen LogP contribution in [0.1, 0.15) is 31.2 Å². The first-order chi connectivity index (χ1) is 16.8. The molecular weight excluding hydrogens is 470 g/mol. The monoisotopic (exact) mass is 491 g/mol. The maximum absolute atomic E-state index is 13.0. The summed E-state index contributed by atoms with van der Waals surface area (Å²) >= 11 is 1.08. The maximum atomic E-state index is 13.0. The number of benzene rings is 2. The van der Waals surface area contributed by atoms with Crippen LogP contribution in [0.3, 0.4) is 0 Å². The van der Waals surface area contributed by atoms with Gasteiger partial charge in [0.1, 0.15) is 16.3 Å². The smallest absolute Gasteiger partial charge is 0.348 e. The lowest BCUT2D eigenvalue weighted by atomic mass is 10.2. The summed E-state index contributed by atoms with van der Waals surface area (Å²) < 4.78 is 6.56. The number of rotatable bonds is 8. The largest absolute Gasteiger partial charge is 0.478 e. The van der Waals surface area contributed by atoms with Crippen molar-refractivity contribution in [2.45, 2.75) is 19.9 Å². The molecular formula is C25H21N3O6S. The lowest BCUT2D eigenvalue weighted by Crippen LogP contribution is -2.27. The summed E-state index contributed by atoms with van der Waals surface area (Å²) in [6, 6.07) is 15.3. The molecule has 0 unspecified atom stereocenters. The number of aromatic nitrogens is 2. The SMILES string of the molecule is Cc1c(C(=O)OCCc2ccccc2)sc2ncn(CC(=O)Nc3ccc(C(=O)O)cc3)c(=O)c12. The number of aryl methyl sites for hydroxylation is 1. The Morgan fingerprint density at radius 1 is 1.09 bits per heavy atom. The molecule has 0 aliphatic heterocycles. The third-order valence-electron chi connectivity index (χ3n) is 5.30. The van der Waals surface area contributed by atoms with Gasteiger partial charge in [-0.15, -0.1) is 11.3 Å². The number of nitrogens with one attached hydrogen (secondary N) is 1. The van der Waals surface area contributed by atoms with Crippen LogP contribution in [-0.4, -0.2) is 39.1 Å². The lowest BCUT2D eigenvalue weighted by Gasteiger charge is -2.08. The van der Waals surface area contributed by atoms with Crippen LogP contribution < -0.4 is 10.9 Å². The minimum Gasteiger partial charge on any atom is -0.478 e. The van der Waals surface area contributed by atoms with Gasteiger partial charge in [0.25, 0.3) is 5.56 Å². The van der Waals surface area contributed by atoms with E-state index in [1.807, 2.05) is 30.3 Å². The van der Waals surface area contributed by atoms with Gasteiger partial charge in [0.2, 0.25) is 5.91 Å². The number of carbonyl (C=O) groups is 3. The first kappa shape index (κ1) is 23.8. The number of carboxylic acids is 1. The Labute approximate surface area is 203 Å². The Balaban J connectivity index is 1.46. The molecule has 1 amide bonds. The van der Waals surface area contributed by atoms with Crippen LogP contribution in [0.25, 0.3) is 10.2 Å². The summed E-state index contributed by atoms with van der Waals surface area (Å²) in [6.07, 6.45) is 1.84. The number of anilines is 1. The zero-order valence-corrected chi connectivity index (χ0v) is 19.5. The van der Waals surface area contributed by atoms with Gasteiger partial charge < -0.3 is 15.2 Å². The third-order valence-corrected chi connectivity index (χ3v) is 6.48. The number of hydrogen-bond donors (Lipinski definition) is 2. The maximum Gasteiger partial charge on any atom is 0.348 e. The summed E-state index contributed by atoms with van der Waals surface area (Å²) in [5, 5.41) is 11.8. The van der Waals surface area contributed by atoms with Crippen LogP contribution in [0, 0.1) is 6.92 Å². The number of thiophene rings is 1. The number of carboxylic acid groups (broad SMARTS) is 1. The molecule has 0 radical (unpaired) electrons. The normalized spacial score (nSPS) is 10.8. The van der Waals surface area contributed by atoms with Crippen molar-refractivity contribution in [1.29, 1.82) is 0 Å². The summed E-state index contributed by atoms with van der Waals surface area (Å²) in [5.74, 6) is -2.07. The van der Waals surface area contributed by atoms with Gasteiger partial charge in [-0.2, -0.15) is 0 Å². The molecule has 0 saturated carbocycles. The topological polar surface area (TPSA) is 128 Å². The lowest BCUT2D eigenvalue weighted by molar-refractivity contribution is -0.116. The van der Waals surface area contributed by atoms with Crippen molar-refractivity contribution < 1.29 is 24.2 Å². The fourth-order valence-corrected chi connectivity index (χ4v) is 4.52. The van der Waals surface area contributed by atoms with E-state index in [0.717, 1.165) is 21.5 Å². The second kappa shape index (κ2) is 10.3. The molecule has 2 N–H and O–H groups in total. The summed E-state index contributed by atoms with van der Waals surface area (Å²) in [6.45, 7) is 1.57. The molecule has 2 heterocycles. The van der Waals surface area contributed by atoms with Crippen LogP contribution in [0.5, 0.6) is 0 Å². The van der Waals surface area contributed by atoms with Crippen molar-refractivity contribution in [2.24, 2.45) is 0 Å². The van der Waals surface area contributed by atoms with Crippen molar-refractivity contribution in [2.75, 3.05) is 11.9 Å². The quantitative estimate of drug-likeness (QED) is 0.361. The minimum absolute atomic E-state index is 0.0937. The van der Waals surface area contributed by atoms with Gasteiger partial charge in [-0.25, -0.2) is 14.6 Å². The van der Waals surface area contributed by atoms with Gasteiger partial charge in [-0.3, -0.25) is 14.2 Å². The third kappa shape index (κ3) is 5.44. The van der Waals surface area contributed by atoms with Crippen LogP contribution in [0.15, 0.2) is 65.7 Å². The summed E-state index contributed by atoms with van der Waals surface area (Å²) in [7, 11) is 0. The van der Waals surface area contributed by atoms with E-state index >= 15 is 0 Å². The van der Waals surface area contributed by atoms with Crippen LogP contribution >= 0.6 is 11.3 Å². The number of amides is 1. The first-order valence-electron chi connectivity index (χ1n) is 10.7. The average Bonchev–Trinajstić information content (AvgIpc) is 3.19. The van der Waals surface area contributed by atoms with Gasteiger partial charge in [-0.05, 0) is 42.3 Å². The van der Waals surface area contributed by atoms with Gasteiger partial charge in [0, 0.05) is 12.1 Å². The van der Waals surface area contributed by atoms with E-state index in [9.17, 15) is 19.2 Å². The molecule has 10 heteroatoms. The highest BCUT2D eigenvalue weighted by Crippen LogP contribution is 2.27. The standard InChI is InChI=1S/C25H21N3O6S/c1-15-20-22(35-21(15)25(33)34-12-11-16-5-3-2-4-6-16)26-14-28(23(20)30)13-19(29)27-18-9-7-17(8-10-18)24(31)32/h2-10,14H,11-13H2,1H3,(H,27,29)(H,31,32). The predicted octanol–water partition coefficient (Wildman–Crippen LogP) is 3.50. The second-order valence-electron chi connectivity index (χ2n) is 7.72. The Morgan fingerprint density at radius 3 is 2.49 bits per heavy atom. The summed E-state index contributed by atoms with van der Waals surface area (Å²) in [4.78, 5) is 54.0. The van der Waals surface area contributed by atoms with E-state index in [1.165, 1.54) is 30.6 Å². The van der Waals surface area contributed by atoms with Gasteiger partial charge >= 0.3 is 11.9 Å². The molecule has 0 saturated heterocycles. The van der Waals surface area contributed by atoms with E-state index in [-0.39, 0.29) is 24.1 Å². The molecule has 4 rings (SSSR count). The van der Waals surface area contributed by atoms with Gasteiger partial charge in [0.05, 0.1) is 23.9 Å². The molecule has 0 bridgehead atoms. The van der Waals surface area contributed by atoms with E-state index in [2.05, 4.69) is 10.3 Å². The number of aromatic carboxylic acids is 1. The van der Waals surface area contributed by atoms with E-state index in [1.54, 1.807) is 6.92 Å². The Morgan fingerprint density at radius 2 is 1.80 bits per heavy atom. The molecule has 2 aromatic heterocycles. The number of fused-ring (bicyclic) bond motifs is 1. The summed E-state index contributed by atoms with van der Waals surface area (Å²) in [5.41, 5.74) is 1.56. The predicted molar refractivity (Wildman–Crippen MR) is 131 cm³/mol. The molecule has 9 nitrogen and oxygen atoms in total. The zero-order chi connectivity index (χ0) is 24.9. The van der Waals surface area contributed by atoms with Crippen LogP contribution in [-0.2, 0) is 22.5 Å². The average molecular weight is 492 g/mol. The number of carbonyl (C=O) groups excluding carboxylic acids is 2. The van der Waals surface area contributed by atoms with Gasteiger partial charge in [0.15, 0.2) is 0 Å². The van der Waals surface area contributed by atoms with Crippen molar-refractivity contribution >= 4 is 45.1 Å². The fraction of sp³-hybridized carbons (Fsp3) is 0.160. The number of ether oxygens (including phenoxy) is 1. The number of hydrogen-bond acceptors (Lipinski definition) is 7. The highest BCUT2D eigenvalue weighted by Gasteiger charge is 2.21. The Kier molecular flexibility index (Phi) is 7.02. The highest BCUT2D eigenvalue weighted by atomic mass is 32.1. The number of nitrogens with zero attached hydrogens (tertiary/aromatic N) is 2. The van der Waals surface area contributed by atoms with Crippen molar-refractivity contribution in [1.82, 2.24) is 9.55 Å².